The zero-order valence-electron chi connectivity index (χ0n) is 20.7. The predicted octanol–water partition coefficient (Wildman–Crippen LogP) is 7.03. The molecule has 0 spiro atoms. The number of carboxylic acid groups (broad SMARTS) is 1. The van der Waals surface area contributed by atoms with Crippen molar-refractivity contribution in [3.63, 3.8) is 0 Å². The number of methoxy groups -OCH3 is 1. The molecule has 0 aliphatic carbocycles. The Morgan fingerprint density at radius 1 is 1.27 bits per heavy atom. The second kappa shape index (κ2) is 12.9. The number of likely N-dealkylation sites (tertiary alicyclic amines) is 1. The summed E-state index contributed by atoms with van der Waals surface area (Å²) in [5.74, 6) is 0.313. The van der Waals surface area contributed by atoms with Crippen molar-refractivity contribution in [3.05, 3.63) is 65.1 Å². The molecule has 37 heavy (non-hydrogen) atoms. The SMILES string of the molecule is COc1ccc2nccc([C@H](F)CC[C@@H]3CCN(CCSc4cc(F)cc(Cl)c4)C[C@@H]3CC(=O)O)c2c1. The van der Waals surface area contributed by atoms with E-state index in [1.54, 1.807) is 25.4 Å². The van der Waals surface area contributed by atoms with Crippen LogP contribution in [0.25, 0.3) is 10.9 Å². The van der Waals surface area contributed by atoms with E-state index in [-0.39, 0.29) is 24.1 Å². The van der Waals surface area contributed by atoms with Crippen molar-refractivity contribution in [2.45, 2.75) is 36.8 Å². The molecule has 1 aromatic heterocycles. The summed E-state index contributed by atoms with van der Waals surface area (Å²) in [6, 6.07) is 11.6. The van der Waals surface area contributed by atoms with Gasteiger partial charge < -0.3 is 14.7 Å². The monoisotopic (exact) mass is 548 g/mol. The normalized spacial score (nSPS) is 19.1. The molecule has 1 N–H and O–H groups in total. The summed E-state index contributed by atoms with van der Waals surface area (Å²) in [5.41, 5.74) is 1.31. The number of ether oxygens (including phenoxy) is 1. The minimum absolute atomic E-state index is 0.0404. The molecular weight excluding hydrogens is 518 g/mol. The number of fused-ring (bicyclic) bond motifs is 1. The maximum atomic E-state index is 15.5. The van der Waals surface area contributed by atoms with Gasteiger partial charge in [-0.05, 0) is 85.7 Å². The van der Waals surface area contributed by atoms with E-state index in [2.05, 4.69) is 9.88 Å². The van der Waals surface area contributed by atoms with Crippen LogP contribution < -0.4 is 4.74 Å². The van der Waals surface area contributed by atoms with E-state index in [1.165, 1.54) is 23.9 Å². The fourth-order valence-electron chi connectivity index (χ4n) is 5.16. The largest absolute Gasteiger partial charge is 0.497 e. The number of thioether (sulfide) groups is 1. The third-order valence-electron chi connectivity index (χ3n) is 7.04. The van der Waals surface area contributed by atoms with Crippen molar-refractivity contribution in [2.75, 3.05) is 32.5 Å². The number of pyridine rings is 1. The highest BCUT2D eigenvalue weighted by Gasteiger charge is 2.31. The summed E-state index contributed by atoms with van der Waals surface area (Å²) in [6.07, 6.45) is 2.30. The highest BCUT2D eigenvalue weighted by Crippen LogP contribution is 2.36. The minimum atomic E-state index is -1.17. The van der Waals surface area contributed by atoms with Crippen molar-refractivity contribution < 1.29 is 23.4 Å². The lowest BCUT2D eigenvalue weighted by Gasteiger charge is -2.38. The maximum Gasteiger partial charge on any atom is 0.303 e. The molecule has 5 nitrogen and oxygen atoms in total. The van der Waals surface area contributed by atoms with Crippen LogP contribution in [0, 0.1) is 17.7 Å². The summed E-state index contributed by atoms with van der Waals surface area (Å²) in [4.78, 5) is 19.0. The van der Waals surface area contributed by atoms with Crippen LogP contribution in [0.3, 0.4) is 0 Å². The van der Waals surface area contributed by atoms with Crippen LogP contribution in [0.4, 0.5) is 8.78 Å². The first-order valence-electron chi connectivity index (χ1n) is 12.4. The fraction of sp³-hybridized carbons (Fsp3) is 0.429. The van der Waals surface area contributed by atoms with Crippen LogP contribution in [0.1, 0.15) is 37.4 Å². The second-order valence-electron chi connectivity index (χ2n) is 9.49. The quantitative estimate of drug-likeness (QED) is 0.259. The molecule has 1 aliphatic rings. The van der Waals surface area contributed by atoms with E-state index in [4.69, 9.17) is 16.3 Å². The van der Waals surface area contributed by atoms with E-state index in [0.29, 0.717) is 35.7 Å². The van der Waals surface area contributed by atoms with E-state index in [9.17, 15) is 14.3 Å². The number of rotatable bonds is 11. The molecule has 4 rings (SSSR count). The number of hydrogen-bond donors (Lipinski definition) is 1. The number of aliphatic carboxylic acids is 1. The molecule has 0 saturated carbocycles. The lowest BCUT2D eigenvalue weighted by Crippen LogP contribution is -2.42. The van der Waals surface area contributed by atoms with E-state index in [0.717, 1.165) is 41.1 Å². The molecule has 2 heterocycles. The summed E-state index contributed by atoms with van der Waals surface area (Å²) in [7, 11) is 1.58. The van der Waals surface area contributed by atoms with Crippen LogP contribution in [-0.2, 0) is 4.79 Å². The average Bonchev–Trinajstić information content (AvgIpc) is 2.86. The highest BCUT2D eigenvalue weighted by molar-refractivity contribution is 7.99. The number of halogens is 3. The van der Waals surface area contributed by atoms with E-state index < -0.39 is 12.1 Å². The number of piperidine rings is 1. The summed E-state index contributed by atoms with van der Waals surface area (Å²) in [5, 5.41) is 10.6. The lowest BCUT2D eigenvalue weighted by atomic mass is 9.79. The van der Waals surface area contributed by atoms with Crippen LogP contribution in [0.15, 0.2) is 53.6 Å². The molecule has 198 valence electrons. The first-order valence-corrected chi connectivity index (χ1v) is 13.8. The Kier molecular flexibility index (Phi) is 9.62. The Morgan fingerprint density at radius 2 is 2.11 bits per heavy atom. The van der Waals surface area contributed by atoms with Gasteiger partial charge in [0, 0.05) is 46.8 Å². The van der Waals surface area contributed by atoms with Gasteiger partial charge in [0.15, 0.2) is 0 Å². The number of carboxylic acids is 1. The molecule has 0 unspecified atom stereocenters. The van der Waals surface area contributed by atoms with Crippen molar-refractivity contribution in [3.8, 4) is 5.75 Å². The lowest BCUT2D eigenvalue weighted by molar-refractivity contribution is -0.139. The van der Waals surface area contributed by atoms with E-state index >= 15 is 4.39 Å². The van der Waals surface area contributed by atoms with Crippen LogP contribution >= 0.6 is 23.4 Å². The summed E-state index contributed by atoms with van der Waals surface area (Å²) < 4.78 is 34.3. The highest BCUT2D eigenvalue weighted by atomic mass is 35.5. The molecule has 3 aromatic rings. The van der Waals surface area contributed by atoms with Crippen molar-refractivity contribution in [1.82, 2.24) is 9.88 Å². The molecule has 0 bridgehead atoms. The Morgan fingerprint density at radius 3 is 2.86 bits per heavy atom. The Labute approximate surface area is 225 Å². The third-order valence-corrected chi connectivity index (χ3v) is 8.21. The van der Waals surface area contributed by atoms with Gasteiger partial charge in [0.1, 0.15) is 17.7 Å². The number of nitrogens with zero attached hydrogens (tertiary/aromatic N) is 2. The first kappa shape index (κ1) is 27.6. The molecule has 3 atom stereocenters. The Hall–Kier alpha value is -2.42. The Balaban J connectivity index is 1.34. The summed E-state index contributed by atoms with van der Waals surface area (Å²) >= 11 is 7.47. The van der Waals surface area contributed by atoms with Crippen LogP contribution in [0.2, 0.25) is 5.02 Å². The zero-order valence-corrected chi connectivity index (χ0v) is 22.3. The standard InChI is InChI=1S/C28H31ClF2N2O3S/c1-36-22-3-5-27-25(16-22)24(6-8-32-27)26(31)4-2-18-7-9-33(17-19(18)12-28(34)35)10-11-37-23-14-20(29)13-21(30)15-23/h3,5-6,8,13-16,18-19,26H,2,4,7,9-12,17H2,1H3,(H,34,35)/t18-,19+,26-/m1/s1. The number of benzene rings is 2. The molecule has 1 saturated heterocycles. The second-order valence-corrected chi connectivity index (χ2v) is 11.1. The topological polar surface area (TPSA) is 62.7 Å². The van der Waals surface area contributed by atoms with Crippen molar-refractivity contribution >= 4 is 40.2 Å². The van der Waals surface area contributed by atoms with Gasteiger partial charge in [0.25, 0.3) is 0 Å². The molecule has 2 aromatic carbocycles. The van der Waals surface area contributed by atoms with Gasteiger partial charge in [-0.1, -0.05) is 11.6 Å². The van der Waals surface area contributed by atoms with Gasteiger partial charge >= 0.3 is 5.97 Å². The number of carbonyl (C=O) groups is 1. The third kappa shape index (κ3) is 7.55. The molecular formula is C28H31ClF2N2O3S. The smallest absolute Gasteiger partial charge is 0.303 e. The molecule has 1 aliphatic heterocycles. The number of aromatic nitrogens is 1. The van der Waals surface area contributed by atoms with E-state index in [1.807, 2.05) is 18.2 Å². The van der Waals surface area contributed by atoms with Crippen LogP contribution in [0.5, 0.6) is 5.75 Å². The summed E-state index contributed by atoms with van der Waals surface area (Å²) in [6.45, 7) is 2.25. The van der Waals surface area contributed by atoms with Gasteiger partial charge in [-0.25, -0.2) is 8.78 Å². The van der Waals surface area contributed by atoms with Gasteiger partial charge in [0.2, 0.25) is 0 Å². The minimum Gasteiger partial charge on any atom is -0.497 e. The average molecular weight is 549 g/mol. The predicted molar refractivity (Wildman–Crippen MR) is 144 cm³/mol. The maximum absolute atomic E-state index is 15.5. The number of alkyl halides is 1. The fourth-order valence-corrected chi connectivity index (χ4v) is 6.44. The van der Waals surface area contributed by atoms with Gasteiger partial charge in [-0.3, -0.25) is 9.78 Å². The molecule has 1 fully saturated rings. The van der Waals surface area contributed by atoms with Gasteiger partial charge in [-0.15, -0.1) is 11.8 Å². The Bertz CT molecular complexity index is 1210. The van der Waals surface area contributed by atoms with Crippen LogP contribution in [-0.4, -0.2) is 53.5 Å². The van der Waals surface area contributed by atoms with Gasteiger partial charge in [0.05, 0.1) is 12.6 Å². The number of hydrogen-bond acceptors (Lipinski definition) is 5. The van der Waals surface area contributed by atoms with Gasteiger partial charge in [-0.2, -0.15) is 0 Å². The molecule has 9 heteroatoms. The van der Waals surface area contributed by atoms with Crippen molar-refractivity contribution in [1.29, 1.82) is 0 Å². The zero-order chi connectivity index (χ0) is 26.4. The molecule has 0 radical (unpaired) electrons. The first-order chi connectivity index (χ1) is 17.8. The molecule has 0 amide bonds. The van der Waals surface area contributed by atoms with Crippen molar-refractivity contribution in [2.24, 2.45) is 11.8 Å².